The number of aryl methyl sites for hydroxylation is 1. The maximum absolute atomic E-state index is 14.1. The number of benzene rings is 1. The maximum atomic E-state index is 14.1. The Bertz CT molecular complexity index is 610. The van der Waals surface area contributed by atoms with Gasteiger partial charge in [0.25, 0.3) is 0 Å². The molecule has 0 atom stereocenters. The monoisotopic (exact) mass is 326 g/mol. The molecule has 0 fully saturated rings. The Morgan fingerprint density at radius 3 is 2.81 bits per heavy atom. The number of rotatable bonds is 6. The molecule has 5 heteroatoms. The van der Waals surface area contributed by atoms with Gasteiger partial charge < -0.3 is 5.32 Å². The number of nitrogens with zero attached hydrogens (tertiary/aromatic N) is 1. The Labute approximate surface area is 134 Å². The molecule has 0 saturated heterocycles. The van der Waals surface area contributed by atoms with E-state index in [0.717, 1.165) is 25.1 Å². The third kappa shape index (κ3) is 4.02. The van der Waals surface area contributed by atoms with Crippen molar-refractivity contribution in [3.63, 3.8) is 0 Å². The van der Waals surface area contributed by atoms with Gasteiger partial charge in [-0.2, -0.15) is 0 Å². The van der Waals surface area contributed by atoms with E-state index < -0.39 is 0 Å². The van der Waals surface area contributed by atoms with E-state index in [4.69, 9.17) is 11.6 Å². The van der Waals surface area contributed by atoms with E-state index >= 15 is 0 Å². The van der Waals surface area contributed by atoms with E-state index in [2.05, 4.69) is 31.1 Å². The molecule has 0 bridgehead atoms. The summed E-state index contributed by atoms with van der Waals surface area (Å²) < 4.78 is 14.1. The average Bonchev–Trinajstić information content (AvgIpc) is 2.83. The zero-order chi connectivity index (χ0) is 15.4. The fourth-order valence-corrected chi connectivity index (χ4v) is 3.29. The molecule has 0 spiro atoms. The van der Waals surface area contributed by atoms with E-state index in [0.29, 0.717) is 16.6 Å². The number of hydrogen-bond donors (Lipinski definition) is 1. The summed E-state index contributed by atoms with van der Waals surface area (Å²) in [7, 11) is 0. The topological polar surface area (TPSA) is 24.9 Å². The van der Waals surface area contributed by atoms with Gasteiger partial charge in [0, 0.05) is 23.0 Å². The molecular formula is C16H20ClFN2S. The van der Waals surface area contributed by atoms with Crippen molar-refractivity contribution in [1.82, 2.24) is 10.3 Å². The predicted molar refractivity (Wildman–Crippen MR) is 88.5 cm³/mol. The fraction of sp³-hybridized carbons (Fsp3) is 0.438. The second-order valence-electron chi connectivity index (χ2n) is 5.28. The van der Waals surface area contributed by atoms with Gasteiger partial charge in [0.1, 0.15) is 5.01 Å². The molecule has 1 aromatic carbocycles. The zero-order valence-corrected chi connectivity index (χ0v) is 14.1. The molecule has 1 aromatic heterocycles. The molecule has 2 nitrogen and oxygen atoms in total. The molecule has 21 heavy (non-hydrogen) atoms. The minimum absolute atomic E-state index is 0.140. The Kier molecular flexibility index (Phi) is 5.73. The van der Waals surface area contributed by atoms with Gasteiger partial charge in [-0.05, 0) is 18.6 Å². The van der Waals surface area contributed by atoms with Crippen molar-refractivity contribution in [3.05, 3.63) is 39.6 Å². The molecule has 0 radical (unpaired) electrons. The highest BCUT2D eigenvalue weighted by Crippen LogP contribution is 2.33. The van der Waals surface area contributed by atoms with E-state index in [9.17, 15) is 4.39 Å². The molecule has 0 aliphatic carbocycles. The van der Waals surface area contributed by atoms with Crippen LogP contribution in [0.2, 0.25) is 5.02 Å². The standard InChI is InChI=1S/C16H20ClFN2S/c1-4-6-13-14(9-19-10(2)3)21-16(20-13)11-7-5-8-12(17)15(11)18/h5,7-8,10,19H,4,6,9H2,1-3H3. The quantitative estimate of drug-likeness (QED) is 0.803. The van der Waals surface area contributed by atoms with E-state index in [1.807, 2.05) is 0 Å². The van der Waals surface area contributed by atoms with E-state index in [1.165, 1.54) is 4.88 Å². The lowest BCUT2D eigenvalue weighted by molar-refractivity contribution is 0.589. The van der Waals surface area contributed by atoms with Crippen LogP contribution in [-0.4, -0.2) is 11.0 Å². The van der Waals surface area contributed by atoms with Crippen LogP contribution in [0.1, 0.15) is 37.8 Å². The number of hydrogen-bond acceptors (Lipinski definition) is 3. The zero-order valence-electron chi connectivity index (χ0n) is 12.5. The first-order valence-electron chi connectivity index (χ1n) is 7.19. The van der Waals surface area contributed by atoms with Gasteiger partial charge in [-0.1, -0.05) is 44.9 Å². The van der Waals surface area contributed by atoms with Crippen molar-refractivity contribution in [2.24, 2.45) is 0 Å². The van der Waals surface area contributed by atoms with Crippen molar-refractivity contribution in [1.29, 1.82) is 0 Å². The van der Waals surface area contributed by atoms with Gasteiger partial charge in [-0.3, -0.25) is 0 Å². The van der Waals surface area contributed by atoms with Gasteiger partial charge >= 0.3 is 0 Å². The summed E-state index contributed by atoms with van der Waals surface area (Å²) in [6, 6.07) is 5.46. The smallest absolute Gasteiger partial charge is 0.152 e. The lowest BCUT2D eigenvalue weighted by Gasteiger charge is -2.07. The molecule has 0 saturated carbocycles. The van der Waals surface area contributed by atoms with Gasteiger partial charge in [-0.15, -0.1) is 11.3 Å². The summed E-state index contributed by atoms with van der Waals surface area (Å²) in [6.45, 7) is 7.11. The summed E-state index contributed by atoms with van der Waals surface area (Å²) in [5.74, 6) is -0.390. The second-order valence-corrected chi connectivity index (χ2v) is 6.77. The van der Waals surface area contributed by atoms with Gasteiger partial charge in [-0.25, -0.2) is 9.37 Å². The fourth-order valence-electron chi connectivity index (χ4n) is 2.03. The van der Waals surface area contributed by atoms with Crippen LogP contribution >= 0.6 is 22.9 Å². The van der Waals surface area contributed by atoms with Crippen molar-refractivity contribution in [2.45, 2.75) is 46.2 Å². The third-order valence-electron chi connectivity index (χ3n) is 3.12. The SMILES string of the molecule is CCCc1nc(-c2cccc(Cl)c2F)sc1CNC(C)C. The molecule has 1 N–H and O–H groups in total. The largest absolute Gasteiger partial charge is 0.310 e. The summed E-state index contributed by atoms with van der Waals surface area (Å²) in [5, 5.41) is 4.25. The highest BCUT2D eigenvalue weighted by Gasteiger charge is 2.16. The molecule has 114 valence electrons. The average molecular weight is 327 g/mol. The van der Waals surface area contributed by atoms with Crippen LogP contribution in [0.3, 0.4) is 0 Å². The van der Waals surface area contributed by atoms with Crippen LogP contribution in [0, 0.1) is 5.82 Å². The Morgan fingerprint density at radius 2 is 2.14 bits per heavy atom. The lowest BCUT2D eigenvalue weighted by Crippen LogP contribution is -2.21. The minimum atomic E-state index is -0.390. The first-order valence-corrected chi connectivity index (χ1v) is 8.38. The summed E-state index contributed by atoms with van der Waals surface area (Å²) in [5.41, 5.74) is 1.55. The third-order valence-corrected chi connectivity index (χ3v) is 4.54. The molecule has 2 aromatic rings. The van der Waals surface area contributed by atoms with Crippen LogP contribution in [0.5, 0.6) is 0 Å². The molecule has 0 aliphatic rings. The number of halogens is 2. The highest BCUT2D eigenvalue weighted by atomic mass is 35.5. The lowest BCUT2D eigenvalue weighted by atomic mass is 10.2. The van der Waals surface area contributed by atoms with E-state index in [1.54, 1.807) is 29.5 Å². The van der Waals surface area contributed by atoms with Crippen LogP contribution in [0.15, 0.2) is 18.2 Å². The minimum Gasteiger partial charge on any atom is -0.310 e. The molecule has 1 heterocycles. The van der Waals surface area contributed by atoms with Gasteiger partial charge in [0.05, 0.1) is 10.7 Å². The van der Waals surface area contributed by atoms with Gasteiger partial charge in [0.15, 0.2) is 5.82 Å². The first-order chi connectivity index (χ1) is 10.0. The maximum Gasteiger partial charge on any atom is 0.152 e. The van der Waals surface area contributed by atoms with Crippen molar-refractivity contribution in [3.8, 4) is 10.6 Å². The molecule has 2 rings (SSSR count). The Balaban J connectivity index is 2.36. The van der Waals surface area contributed by atoms with Gasteiger partial charge in [0.2, 0.25) is 0 Å². The number of nitrogens with one attached hydrogen (secondary N) is 1. The number of aromatic nitrogens is 1. The Morgan fingerprint density at radius 1 is 1.38 bits per heavy atom. The normalized spacial score (nSPS) is 11.3. The second kappa shape index (κ2) is 7.34. The number of thiazole rings is 1. The molecule has 0 aliphatic heterocycles. The van der Waals surface area contributed by atoms with Crippen LogP contribution < -0.4 is 5.32 Å². The summed E-state index contributed by atoms with van der Waals surface area (Å²) >= 11 is 7.41. The molecular weight excluding hydrogens is 307 g/mol. The summed E-state index contributed by atoms with van der Waals surface area (Å²) in [6.07, 6.45) is 1.93. The van der Waals surface area contributed by atoms with Crippen molar-refractivity contribution >= 4 is 22.9 Å². The molecule has 0 amide bonds. The van der Waals surface area contributed by atoms with Crippen LogP contribution in [-0.2, 0) is 13.0 Å². The van der Waals surface area contributed by atoms with Crippen molar-refractivity contribution in [2.75, 3.05) is 0 Å². The van der Waals surface area contributed by atoms with Crippen LogP contribution in [0.4, 0.5) is 4.39 Å². The predicted octanol–water partition coefficient (Wildman–Crippen LogP) is 5.05. The first kappa shape index (κ1) is 16.4. The van der Waals surface area contributed by atoms with Crippen molar-refractivity contribution < 1.29 is 4.39 Å². The van der Waals surface area contributed by atoms with Crippen LogP contribution in [0.25, 0.3) is 10.6 Å². The summed E-state index contributed by atoms with van der Waals surface area (Å²) in [4.78, 5) is 5.81. The van der Waals surface area contributed by atoms with E-state index in [-0.39, 0.29) is 10.8 Å². The Hall–Kier alpha value is -0.970. The highest BCUT2D eigenvalue weighted by molar-refractivity contribution is 7.15. The molecule has 0 unspecified atom stereocenters.